The molecule has 0 aromatic carbocycles. The van der Waals surface area contributed by atoms with E-state index in [1.807, 2.05) is 6.92 Å². The summed E-state index contributed by atoms with van der Waals surface area (Å²) in [4.78, 5) is 23.3. The summed E-state index contributed by atoms with van der Waals surface area (Å²) in [6.45, 7) is 2.43. The number of aliphatic carboxylic acids is 1. The van der Waals surface area contributed by atoms with Crippen molar-refractivity contribution in [2.75, 3.05) is 13.7 Å². The molecular weight excluding hydrogens is 234 g/mol. The van der Waals surface area contributed by atoms with E-state index in [0.717, 1.165) is 19.3 Å². The third-order valence-corrected chi connectivity index (χ3v) is 3.74. The maximum absolute atomic E-state index is 11.9. The highest BCUT2D eigenvalue weighted by Crippen LogP contribution is 2.41. The summed E-state index contributed by atoms with van der Waals surface area (Å²) in [6.07, 6.45) is 3.87. The Kier molecular flexibility index (Phi) is 5.59. The summed E-state index contributed by atoms with van der Waals surface area (Å²) in [5, 5.41) is 12.1. The summed E-state index contributed by atoms with van der Waals surface area (Å²) in [6, 6.07) is -0.0326. The quantitative estimate of drug-likeness (QED) is 0.725. The Labute approximate surface area is 108 Å². The summed E-state index contributed by atoms with van der Waals surface area (Å²) in [5.41, 5.74) is -0.838. The molecule has 0 spiro atoms. The Hall–Kier alpha value is -1.10. The number of carbonyl (C=O) groups excluding carboxylic acids is 1. The summed E-state index contributed by atoms with van der Waals surface area (Å²) in [5.74, 6) is -1.02. The van der Waals surface area contributed by atoms with E-state index in [1.165, 1.54) is 0 Å². The summed E-state index contributed by atoms with van der Waals surface area (Å²) >= 11 is 0. The van der Waals surface area contributed by atoms with Crippen molar-refractivity contribution in [1.29, 1.82) is 0 Å². The smallest absolute Gasteiger partial charge is 0.310 e. The number of amides is 1. The van der Waals surface area contributed by atoms with Gasteiger partial charge in [-0.2, -0.15) is 0 Å². The predicted molar refractivity (Wildman–Crippen MR) is 67.3 cm³/mol. The Balaban J connectivity index is 2.54. The van der Waals surface area contributed by atoms with Crippen LogP contribution in [0.25, 0.3) is 0 Å². The molecule has 2 N–H and O–H groups in total. The van der Waals surface area contributed by atoms with Crippen molar-refractivity contribution in [1.82, 2.24) is 5.32 Å². The first-order chi connectivity index (χ1) is 8.54. The molecule has 1 rings (SSSR count). The van der Waals surface area contributed by atoms with E-state index in [0.29, 0.717) is 19.4 Å². The highest BCUT2D eigenvalue weighted by molar-refractivity contribution is 5.85. The Morgan fingerprint density at radius 3 is 2.44 bits per heavy atom. The van der Waals surface area contributed by atoms with Crippen molar-refractivity contribution in [2.45, 2.75) is 51.5 Å². The molecule has 5 heteroatoms. The van der Waals surface area contributed by atoms with E-state index in [-0.39, 0.29) is 18.4 Å². The fraction of sp³-hybridized carbons (Fsp3) is 0.846. The first kappa shape index (κ1) is 15.0. The monoisotopic (exact) mass is 257 g/mol. The Bertz CT molecular complexity index is 297. The van der Waals surface area contributed by atoms with Gasteiger partial charge in [0.05, 0.1) is 18.1 Å². The second kappa shape index (κ2) is 6.73. The molecule has 1 aliphatic rings. The number of hydrogen-bond acceptors (Lipinski definition) is 3. The molecule has 18 heavy (non-hydrogen) atoms. The molecule has 0 aliphatic heterocycles. The fourth-order valence-electron chi connectivity index (χ4n) is 2.57. The second-order valence-corrected chi connectivity index (χ2v) is 5.10. The number of rotatable bonds is 7. The molecule has 5 nitrogen and oxygen atoms in total. The minimum Gasteiger partial charge on any atom is -0.481 e. The van der Waals surface area contributed by atoms with Crippen LogP contribution in [0.4, 0.5) is 0 Å². The lowest BCUT2D eigenvalue weighted by molar-refractivity contribution is -0.151. The topological polar surface area (TPSA) is 75.6 Å². The van der Waals surface area contributed by atoms with Crippen LogP contribution in [0.1, 0.15) is 45.4 Å². The van der Waals surface area contributed by atoms with E-state index < -0.39 is 11.4 Å². The van der Waals surface area contributed by atoms with Crippen LogP contribution in [-0.4, -0.2) is 36.7 Å². The van der Waals surface area contributed by atoms with Crippen molar-refractivity contribution in [2.24, 2.45) is 5.41 Å². The standard InChI is InChI=1S/C13H23NO4/c1-3-10(9-18-2)14-11(15)8-13(12(16)17)6-4-5-7-13/h10H,3-9H2,1-2H3,(H,14,15)(H,16,17). The lowest BCUT2D eigenvalue weighted by Gasteiger charge is -2.24. The van der Waals surface area contributed by atoms with E-state index in [9.17, 15) is 14.7 Å². The Morgan fingerprint density at radius 2 is 2.00 bits per heavy atom. The summed E-state index contributed by atoms with van der Waals surface area (Å²) in [7, 11) is 1.59. The zero-order valence-corrected chi connectivity index (χ0v) is 11.2. The van der Waals surface area contributed by atoms with Gasteiger partial charge in [-0.25, -0.2) is 0 Å². The average Bonchev–Trinajstić information content (AvgIpc) is 2.78. The number of carboxylic acid groups (broad SMARTS) is 1. The number of carboxylic acids is 1. The number of carbonyl (C=O) groups is 2. The van der Waals surface area contributed by atoms with Gasteiger partial charge in [0.2, 0.25) is 5.91 Å². The highest BCUT2D eigenvalue weighted by Gasteiger charge is 2.43. The third kappa shape index (κ3) is 3.70. The zero-order valence-electron chi connectivity index (χ0n) is 11.2. The molecular formula is C13H23NO4. The lowest BCUT2D eigenvalue weighted by Crippen LogP contribution is -2.41. The van der Waals surface area contributed by atoms with Crippen LogP contribution in [0, 0.1) is 5.41 Å². The van der Waals surface area contributed by atoms with Gasteiger partial charge in [0, 0.05) is 13.5 Å². The van der Waals surface area contributed by atoms with Gasteiger partial charge in [0.1, 0.15) is 0 Å². The van der Waals surface area contributed by atoms with Gasteiger partial charge < -0.3 is 15.2 Å². The van der Waals surface area contributed by atoms with Crippen LogP contribution in [0.3, 0.4) is 0 Å². The number of nitrogens with one attached hydrogen (secondary N) is 1. The molecule has 0 saturated heterocycles. The molecule has 0 bridgehead atoms. The molecule has 1 amide bonds. The maximum atomic E-state index is 11.9. The fourth-order valence-corrected chi connectivity index (χ4v) is 2.57. The molecule has 1 unspecified atom stereocenters. The normalized spacial score (nSPS) is 19.4. The van der Waals surface area contributed by atoms with Gasteiger partial charge in [-0.05, 0) is 19.3 Å². The predicted octanol–water partition coefficient (Wildman–Crippen LogP) is 1.56. The first-order valence-corrected chi connectivity index (χ1v) is 6.56. The molecule has 0 aromatic rings. The second-order valence-electron chi connectivity index (χ2n) is 5.10. The van der Waals surface area contributed by atoms with Gasteiger partial charge in [-0.1, -0.05) is 19.8 Å². The molecule has 1 aliphatic carbocycles. The molecule has 0 aromatic heterocycles. The van der Waals surface area contributed by atoms with Crippen LogP contribution >= 0.6 is 0 Å². The molecule has 0 heterocycles. The van der Waals surface area contributed by atoms with Crippen LogP contribution in [0.15, 0.2) is 0 Å². The van der Waals surface area contributed by atoms with Crippen molar-refractivity contribution < 1.29 is 19.4 Å². The average molecular weight is 257 g/mol. The molecule has 1 fully saturated rings. The van der Waals surface area contributed by atoms with E-state index >= 15 is 0 Å². The highest BCUT2D eigenvalue weighted by atomic mass is 16.5. The van der Waals surface area contributed by atoms with Crippen molar-refractivity contribution >= 4 is 11.9 Å². The van der Waals surface area contributed by atoms with E-state index in [2.05, 4.69) is 5.32 Å². The van der Waals surface area contributed by atoms with Crippen molar-refractivity contribution in [3.63, 3.8) is 0 Å². The number of methoxy groups -OCH3 is 1. The van der Waals surface area contributed by atoms with Gasteiger partial charge >= 0.3 is 5.97 Å². The van der Waals surface area contributed by atoms with Crippen LogP contribution in [0.5, 0.6) is 0 Å². The molecule has 1 atom stereocenters. The van der Waals surface area contributed by atoms with Crippen molar-refractivity contribution in [3.8, 4) is 0 Å². The lowest BCUT2D eigenvalue weighted by atomic mass is 9.82. The van der Waals surface area contributed by atoms with E-state index in [1.54, 1.807) is 7.11 Å². The van der Waals surface area contributed by atoms with Gasteiger partial charge in [-0.15, -0.1) is 0 Å². The molecule has 1 saturated carbocycles. The Morgan fingerprint density at radius 1 is 1.39 bits per heavy atom. The minimum atomic E-state index is -0.838. The van der Waals surface area contributed by atoms with Gasteiger partial charge in [0.15, 0.2) is 0 Å². The molecule has 104 valence electrons. The minimum absolute atomic E-state index is 0.0326. The zero-order chi connectivity index (χ0) is 13.6. The maximum Gasteiger partial charge on any atom is 0.310 e. The number of ether oxygens (including phenoxy) is 1. The number of hydrogen-bond donors (Lipinski definition) is 2. The van der Waals surface area contributed by atoms with Crippen molar-refractivity contribution in [3.05, 3.63) is 0 Å². The van der Waals surface area contributed by atoms with Crippen LogP contribution in [0.2, 0.25) is 0 Å². The first-order valence-electron chi connectivity index (χ1n) is 6.56. The van der Waals surface area contributed by atoms with E-state index in [4.69, 9.17) is 4.74 Å². The SMILES string of the molecule is CCC(COC)NC(=O)CC1(C(=O)O)CCCC1. The largest absolute Gasteiger partial charge is 0.481 e. The van der Waals surface area contributed by atoms with Gasteiger partial charge in [0.25, 0.3) is 0 Å². The third-order valence-electron chi connectivity index (χ3n) is 3.74. The molecule has 0 radical (unpaired) electrons. The van der Waals surface area contributed by atoms with Crippen LogP contribution < -0.4 is 5.32 Å². The summed E-state index contributed by atoms with van der Waals surface area (Å²) < 4.78 is 5.01. The van der Waals surface area contributed by atoms with Gasteiger partial charge in [-0.3, -0.25) is 9.59 Å². The van der Waals surface area contributed by atoms with Crippen LogP contribution in [-0.2, 0) is 14.3 Å².